The van der Waals surface area contributed by atoms with E-state index in [0.717, 1.165) is 25.9 Å². The first kappa shape index (κ1) is 20.4. The highest BCUT2D eigenvalue weighted by Crippen LogP contribution is 2.32. The third-order valence-electron chi connectivity index (χ3n) is 4.69. The lowest BCUT2D eigenvalue weighted by Gasteiger charge is -2.40. The molecule has 1 saturated heterocycles. The highest BCUT2D eigenvalue weighted by atomic mass is 16.5. The Morgan fingerprint density at radius 3 is 2.04 bits per heavy atom. The van der Waals surface area contributed by atoms with Gasteiger partial charge >= 0.3 is 17.9 Å². The number of hydrogen-bond acceptors (Lipinski definition) is 8. The van der Waals surface area contributed by atoms with E-state index in [1.54, 1.807) is 20.8 Å². The number of carbonyl (C=O) groups is 3. The molecule has 2 rings (SSSR count). The van der Waals surface area contributed by atoms with Crippen LogP contribution in [0.3, 0.4) is 0 Å². The Balaban J connectivity index is 2.42. The van der Waals surface area contributed by atoms with E-state index < -0.39 is 41.8 Å². The van der Waals surface area contributed by atoms with Gasteiger partial charge in [0.1, 0.15) is 11.8 Å². The third kappa shape index (κ3) is 4.41. The van der Waals surface area contributed by atoms with Crippen LogP contribution < -0.4 is 0 Å². The highest BCUT2D eigenvalue weighted by Gasteiger charge is 2.51. The molecule has 0 bridgehead atoms. The number of nitrogens with zero attached hydrogens (tertiary/aromatic N) is 2. The summed E-state index contributed by atoms with van der Waals surface area (Å²) in [4.78, 5) is 43.9. The zero-order chi connectivity index (χ0) is 19.1. The normalized spacial score (nSPS) is 28.6. The van der Waals surface area contributed by atoms with Crippen molar-refractivity contribution in [2.45, 2.75) is 45.7 Å². The summed E-state index contributed by atoms with van der Waals surface area (Å²) in [7, 11) is 0. The molecule has 4 atom stereocenters. The molecule has 0 aliphatic carbocycles. The minimum atomic E-state index is -1.01. The molecule has 0 aromatic carbocycles. The Labute approximate surface area is 153 Å². The number of esters is 3. The molecule has 0 N–H and O–H groups in total. The van der Waals surface area contributed by atoms with Gasteiger partial charge in [0.25, 0.3) is 0 Å². The average Bonchev–Trinajstić information content (AvgIpc) is 3.15. The van der Waals surface area contributed by atoms with Crippen molar-refractivity contribution in [3.63, 3.8) is 0 Å². The van der Waals surface area contributed by atoms with Crippen LogP contribution in [-0.4, -0.2) is 74.0 Å². The summed E-state index contributed by atoms with van der Waals surface area (Å²) >= 11 is 0. The molecule has 26 heavy (non-hydrogen) atoms. The van der Waals surface area contributed by atoms with E-state index >= 15 is 0 Å². The SMILES string of the molecule is CCOC(=O)C1C=NC(C(=O)OCC)C(C(=O)OCC)C1N1CCCC1. The van der Waals surface area contributed by atoms with Crippen molar-refractivity contribution in [1.82, 2.24) is 4.90 Å². The largest absolute Gasteiger partial charge is 0.466 e. The molecule has 0 radical (unpaired) electrons. The van der Waals surface area contributed by atoms with Crippen molar-refractivity contribution in [2.75, 3.05) is 32.9 Å². The molecule has 4 unspecified atom stereocenters. The monoisotopic (exact) mass is 368 g/mol. The second-order valence-corrected chi connectivity index (χ2v) is 6.28. The summed E-state index contributed by atoms with van der Waals surface area (Å²) in [5.74, 6) is -3.16. The number of hydrogen-bond donors (Lipinski definition) is 0. The fourth-order valence-electron chi connectivity index (χ4n) is 3.65. The average molecular weight is 368 g/mol. The first-order valence-electron chi connectivity index (χ1n) is 9.32. The van der Waals surface area contributed by atoms with Gasteiger partial charge in [-0.05, 0) is 46.7 Å². The number of aliphatic imine (C=N–C) groups is 1. The van der Waals surface area contributed by atoms with Crippen molar-refractivity contribution < 1.29 is 28.6 Å². The maximum absolute atomic E-state index is 12.7. The number of carbonyl (C=O) groups excluding carboxylic acids is 3. The minimum absolute atomic E-state index is 0.186. The Morgan fingerprint density at radius 2 is 1.46 bits per heavy atom. The molecular weight excluding hydrogens is 340 g/mol. The van der Waals surface area contributed by atoms with Gasteiger partial charge in [-0.1, -0.05) is 0 Å². The van der Waals surface area contributed by atoms with Crippen molar-refractivity contribution in [2.24, 2.45) is 16.8 Å². The molecule has 2 aliphatic heterocycles. The van der Waals surface area contributed by atoms with Gasteiger partial charge < -0.3 is 14.2 Å². The first-order chi connectivity index (χ1) is 12.5. The lowest BCUT2D eigenvalue weighted by Crippen LogP contribution is -2.58. The van der Waals surface area contributed by atoms with Crippen LogP contribution in [0.25, 0.3) is 0 Å². The third-order valence-corrected chi connectivity index (χ3v) is 4.69. The molecule has 2 heterocycles. The Hall–Kier alpha value is -1.96. The standard InChI is InChI=1S/C18H28N2O6/c1-4-24-16(21)12-11-19-14(18(23)26-6-3)13(17(22)25-5-2)15(12)20-9-7-8-10-20/h11-15H,4-10H2,1-3H3. The molecule has 0 spiro atoms. The first-order valence-corrected chi connectivity index (χ1v) is 9.32. The molecule has 1 fully saturated rings. The lowest BCUT2D eigenvalue weighted by molar-refractivity contribution is -0.162. The second kappa shape index (κ2) is 9.66. The van der Waals surface area contributed by atoms with Crippen LogP contribution in [0.15, 0.2) is 4.99 Å². The topological polar surface area (TPSA) is 94.5 Å². The van der Waals surface area contributed by atoms with E-state index in [0.29, 0.717) is 0 Å². The van der Waals surface area contributed by atoms with Crippen molar-refractivity contribution in [1.29, 1.82) is 0 Å². The lowest BCUT2D eigenvalue weighted by atomic mass is 9.80. The van der Waals surface area contributed by atoms with E-state index in [4.69, 9.17) is 14.2 Å². The minimum Gasteiger partial charge on any atom is -0.466 e. The predicted molar refractivity (Wildman–Crippen MR) is 93.8 cm³/mol. The van der Waals surface area contributed by atoms with E-state index in [1.165, 1.54) is 6.21 Å². The molecule has 8 heteroatoms. The van der Waals surface area contributed by atoms with Gasteiger partial charge in [0.05, 0.1) is 19.8 Å². The zero-order valence-electron chi connectivity index (χ0n) is 15.7. The fraction of sp³-hybridized carbons (Fsp3) is 0.778. The van der Waals surface area contributed by atoms with Gasteiger partial charge in [-0.15, -0.1) is 0 Å². The zero-order valence-corrected chi connectivity index (χ0v) is 15.7. The highest BCUT2D eigenvalue weighted by molar-refractivity contribution is 5.96. The van der Waals surface area contributed by atoms with Gasteiger partial charge in [-0.3, -0.25) is 19.5 Å². The molecular formula is C18H28N2O6. The van der Waals surface area contributed by atoms with E-state index in [-0.39, 0.29) is 19.8 Å². The maximum atomic E-state index is 12.7. The summed E-state index contributed by atoms with van der Waals surface area (Å²) in [6, 6.07) is -1.53. The molecule has 8 nitrogen and oxygen atoms in total. The van der Waals surface area contributed by atoms with E-state index in [2.05, 4.69) is 9.89 Å². The molecule has 0 saturated carbocycles. The number of ether oxygens (including phenoxy) is 3. The van der Waals surface area contributed by atoms with Gasteiger partial charge in [0.15, 0.2) is 6.04 Å². The van der Waals surface area contributed by atoms with E-state index in [9.17, 15) is 14.4 Å². The van der Waals surface area contributed by atoms with Crippen LogP contribution in [-0.2, 0) is 28.6 Å². The quantitative estimate of drug-likeness (QED) is 0.485. The van der Waals surface area contributed by atoms with Crippen molar-refractivity contribution in [3.8, 4) is 0 Å². The van der Waals surface area contributed by atoms with Crippen LogP contribution >= 0.6 is 0 Å². The van der Waals surface area contributed by atoms with Crippen LogP contribution in [0, 0.1) is 11.8 Å². The van der Waals surface area contributed by atoms with Crippen molar-refractivity contribution in [3.05, 3.63) is 0 Å². The summed E-state index contributed by atoms with van der Waals surface area (Å²) in [6.07, 6.45) is 3.39. The predicted octanol–water partition coefficient (Wildman–Crippen LogP) is 0.826. The number of rotatable bonds is 7. The molecule has 0 aromatic rings. The Morgan fingerprint density at radius 1 is 0.923 bits per heavy atom. The van der Waals surface area contributed by atoms with Crippen molar-refractivity contribution >= 4 is 24.1 Å². The maximum Gasteiger partial charge on any atom is 0.331 e. The summed E-state index contributed by atoms with van der Waals surface area (Å²) in [6.45, 7) is 7.25. The van der Waals surface area contributed by atoms with Gasteiger partial charge in [0, 0.05) is 12.3 Å². The summed E-state index contributed by atoms with van der Waals surface area (Å²) in [5, 5.41) is 0. The molecule has 0 amide bonds. The van der Waals surface area contributed by atoms with Crippen LogP contribution in [0.1, 0.15) is 33.6 Å². The Bertz CT molecular complexity index is 544. The van der Waals surface area contributed by atoms with Gasteiger partial charge in [-0.2, -0.15) is 0 Å². The van der Waals surface area contributed by atoms with Crippen LogP contribution in [0.5, 0.6) is 0 Å². The van der Waals surface area contributed by atoms with Crippen LogP contribution in [0.4, 0.5) is 0 Å². The Kier molecular flexibility index (Phi) is 7.56. The molecule has 0 aromatic heterocycles. The van der Waals surface area contributed by atoms with E-state index in [1.807, 2.05) is 0 Å². The summed E-state index contributed by atoms with van der Waals surface area (Å²) in [5.41, 5.74) is 0. The van der Waals surface area contributed by atoms with Gasteiger partial charge in [0.2, 0.25) is 0 Å². The summed E-state index contributed by atoms with van der Waals surface area (Å²) < 4.78 is 15.5. The number of likely N-dealkylation sites (tertiary alicyclic amines) is 1. The van der Waals surface area contributed by atoms with Crippen LogP contribution in [0.2, 0.25) is 0 Å². The smallest absolute Gasteiger partial charge is 0.331 e. The molecule has 2 aliphatic rings. The fourth-order valence-corrected chi connectivity index (χ4v) is 3.65. The second-order valence-electron chi connectivity index (χ2n) is 6.28. The van der Waals surface area contributed by atoms with Gasteiger partial charge in [-0.25, -0.2) is 4.79 Å². The molecule has 146 valence electrons.